The minimum atomic E-state index is -0.249. The summed E-state index contributed by atoms with van der Waals surface area (Å²) in [7, 11) is 0. The van der Waals surface area contributed by atoms with E-state index >= 15 is 0 Å². The molecule has 1 aromatic heterocycles. The Labute approximate surface area is 125 Å². The molecule has 0 spiro atoms. The average molecular weight is 338 g/mol. The molecule has 7 heteroatoms. The first kappa shape index (κ1) is 14.5. The van der Waals surface area contributed by atoms with Crippen LogP contribution in [-0.2, 0) is 13.1 Å². The second-order valence-corrected chi connectivity index (χ2v) is 5.32. The number of aromatic amines is 1. The number of carbonyl (C=O) groups is 1. The van der Waals surface area contributed by atoms with E-state index in [1.165, 1.54) is 0 Å². The summed E-state index contributed by atoms with van der Waals surface area (Å²) < 4.78 is 0.980. The number of H-pyrrole nitrogens is 1. The van der Waals surface area contributed by atoms with E-state index in [1.807, 2.05) is 32.0 Å². The first-order valence-electron chi connectivity index (χ1n) is 6.19. The van der Waals surface area contributed by atoms with Gasteiger partial charge < -0.3 is 10.6 Å². The first-order chi connectivity index (χ1) is 9.54. The molecule has 106 valence electrons. The van der Waals surface area contributed by atoms with Gasteiger partial charge in [-0.1, -0.05) is 33.6 Å². The van der Waals surface area contributed by atoms with Crippen LogP contribution in [-0.4, -0.2) is 21.2 Å². The molecule has 0 atom stereocenters. The van der Waals surface area contributed by atoms with E-state index < -0.39 is 0 Å². The van der Waals surface area contributed by atoms with E-state index in [9.17, 15) is 4.79 Å². The van der Waals surface area contributed by atoms with Crippen molar-refractivity contribution in [3.63, 3.8) is 0 Å². The highest BCUT2D eigenvalue weighted by molar-refractivity contribution is 9.10. The van der Waals surface area contributed by atoms with Crippen LogP contribution in [0.5, 0.6) is 0 Å². The minimum absolute atomic E-state index is 0.249. The number of benzene rings is 1. The SMILES string of the molecule is Cc1ccc(Br)c(CNC(=O)NCc2n[nH]c(C)n2)c1. The lowest BCUT2D eigenvalue weighted by Gasteiger charge is -2.08. The van der Waals surface area contributed by atoms with Crippen LogP contribution in [0.15, 0.2) is 22.7 Å². The number of amides is 2. The molecule has 0 aliphatic heterocycles. The molecular formula is C13H16BrN5O. The Kier molecular flexibility index (Phi) is 4.73. The lowest BCUT2D eigenvalue weighted by atomic mass is 10.1. The summed E-state index contributed by atoms with van der Waals surface area (Å²) in [6.07, 6.45) is 0. The number of rotatable bonds is 4. The van der Waals surface area contributed by atoms with Crippen molar-refractivity contribution in [3.05, 3.63) is 45.4 Å². The second kappa shape index (κ2) is 6.51. The molecule has 0 fully saturated rings. The van der Waals surface area contributed by atoms with Crippen LogP contribution in [0.4, 0.5) is 4.79 Å². The predicted molar refractivity (Wildman–Crippen MR) is 79.1 cm³/mol. The van der Waals surface area contributed by atoms with Crippen molar-refractivity contribution in [1.82, 2.24) is 25.8 Å². The number of hydrogen-bond donors (Lipinski definition) is 3. The Hall–Kier alpha value is -1.89. The zero-order valence-corrected chi connectivity index (χ0v) is 12.9. The Bertz CT molecular complexity index is 611. The Morgan fingerprint density at radius 1 is 1.30 bits per heavy atom. The fourth-order valence-electron chi connectivity index (χ4n) is 1.70. The molecule has 2 amide bonds. The number of urea groups is 1. The lowest BCUT2D eigenvalue weighted by molar-refractivity contribution is 0.240. The predicted octanol–water partition coefficient (Wildman–Crippen LogP) is 2.18. The molecule has 0 bridgehead atoms. The third kappa shape index (κ3) is 4.06. The van der Waals surface area contributed by atoms with Crippen molar-refractivity contribution < 1.29 is 4.79 Å². The summed E-state index contributed by atoms with van der Waals surface area (Å²) in [6.45, 7) is 4.58. The highest BCUT2D eigenvalue weighted by Gasteiger charge is 2.05. The fraction of sp³-hybridized carbons (Fsp3) is 0.308. The third-order valence-electron chi connectivity index (χ3n) is 2.69. The summed E-state index contributed by atoms with van der Waals surface area (Å²) in [4.78, 5) is 15.8. The van der Waals surface area contributed by atoms with Crippen molar-refractivity contribution in [1.29, 1.82) is 0 Å². The quantitative estimate of drug-likeness (QED) is 0.799. The van der Waals surface area contributed by atoms with Crippen molar-refractivity contribution >= 4 is 22.0 Å². The summed E-state index contributed by atoms with van der Waals surface area (Å²) in [5.74, 6) is 1.29. The van der Waals surface area contributed by atoms with Gasteiger partial charge in [0.15, 0.2) is 5.82 Å². The summed E-state index contributed by atoms with van der Waals surface area (Å²) in [6, 6.07) is 5.77. The van der Waals surface area contributed by atoms with Crippen LogP contribution >= 0.6 is 15.9 Å². The number of nitrogens with one attached hydrogen (secondary N) is 3. The van der Waals surface area contributed by atoms with Gasteiger partial charge in [0, 0.05) is 11.0 Å². The fourth-order valence-corrected chi connectivity index (χ4v) is 2.09. The molecule has 0 unspecified atom stereocenters. The molecule has 20 heavy (non-hydrogen) atoms. The van der Waals surface area contributed by atoms with Gasteiger partial charge in [0.05, 0.1) is 6.54 Å². The molecule has 3 N–H and O–H groups in total. The number of aromatic nitrogens is 3. The molecular weight excluding hydrogens is 322 g/mol. The number of carbonyl (C=O) groups excluding carboxylic acids is 1. The monoisotopic (exact) mass is 337 g/mol. The number of aryl methyl sites for hydroxylation is 2. The summed E-state index contributed by atoms with van der Waals surface area (Å²) >= 11 is 3.46. The molecule has 0 radical (unpaired) electrons. The van der Waals surface area contributed by atoms with Gasteiger partial charge in [0.2, 0.25) is 0 Å². The van der Waals surface area contributed by atoms with Crippen LogP contribution < -0.4 is 10.6 Å². The van der Waals surface area contributed by atoms with Crippen molar-refractivity contribution in [3.8, 4) is 0 Å². The molecule has 0 saturated heterocycles. The summed E-state index contributed by atoms with van der Waals surface area (Å²) in [5.41, 5.74) is 2.19. The van der Waals surface area contributed by atoms with Crippen LogP contribution in [0.3, 0.4) is 0 Å². The zero-order valence-electron chi connectivity index (χ0n) is 11.3. The molecule has 2 aromatic rings. The van der Waals surface area contributed by atoms with Gasteiger partial charge in [0.25, 0.3) is 0 Å². The molecule has 1 heterocycles. The van der Waals surface area contributed by atoms with Gasteiger partial charge in [-0.15, -0.1) is 0 Å². The maximum atomic E-state index is 11.7. The van der Waals surface area contributed by atoms with Gasteiger partial charge in [-0.2, -0.15) is 5.10 Å². The molecule has 6 nitrogen and oxygen atoms in total. The highest BCUT2D eigenvalue weighted by Crippen LogP contribution is 2.17. The first-order valence-corrected chi connectivity index (χ1v) is 6.98. The van der Waals surface area contributed by atoms with E-state index in [2.05, 4.69) is 41.7 Å². The third-order valence-corrected chi connectivity index (χ3v) is 3.46. The van der Waals surface area contributed by atoms with Gasteiger partial charge in [-0.05, 0) is 25.5 Å². The smallest absolute Gasteiger partial charge is 0.315 e. The van der Waals surface area contributed by atoms with E-state index in [0.717, 1.165) is 21.4 Å². The van der Waals surface area contributed by atoms with E-state index in [-0.39, 0.29) is 6.03 Å². The van der Waals surface area contributed by atoms with Crippen LogP contribution in [0.1, 0.15) is 22.8 Å². The van der Waals surface area contributed by atoms with Crippen LogP contribution in [0.25, 0.3) is 0 Å². The van der Waals surface area contributed by atoms with Crippen molar-refractivity contribution in [2.24, 2.45) is 0 Å². The number of nitrogens with zero attached hydrogens (tertiary/aromatic N) is 2. The largest absolute Gasteiger partial charge is 0.334 e. The van der Waals surface area contributed by atoms with E-state index in [1.54, 1.807) is 0 Å². The standard InChI is InChI=1S/C13H16BrN5O/c1-8-3-4-11(14)10(5-8)6-15-13(20)16-7-12-17-9(2)18-19-12/h3-5H,6-7H2,1-2H3,(H2,15,16,20)(H,17,18,19). The maximum Gasteiger partial charge on any atom is 0.315 e. The number of halogens is 1. The maximum absolute atomic E-state index is 11.7. The Morgan fingerprint density at radius 3 is 2.75 bits per heavy atom. The molecule has 1 aromatic carbocycles. The van der Waals surface area contributed by atoms with E-state index in [4.69, 9.17) is 0 Å². The molecule has 0 saturated carbocycles. The topological polar surface area (TPSA) is 82.7 Å². The molecule has 0 aliphatic carbocycles. The summed E-state index contributed by atoms with van der Waals surface area (Å²) in [5, 5.41) is 12.2. The van der Waals surface area contributed by atoms with Gasteiger partial charge in [-0.3, -0.25) is 5.10 Å². The van der Waals surface area contributed by atoms with Crippen molar-refractivity contribution in [2.45, 2.75) is 26.9 Å². The zero-order chi connectivity index (χ0) is 14.5. The lowest BCUT2D eigenvalue weighted by Crippen LogP contribution is -2.34. The highest BCUT2D eigenvalue weighted by atomic mass is 79.9. The Balaban J connectivity index is 1.81. The van der Waals surface area contributed by atoms with Gasteiger partial charge >= 0.3 is 6.03 Å². The van der Waals surface area contributed by atoms with Crippen LogP contribution in [0, 0.1) is 13.8 Å². The van der Waals surface area contributed by atoms with E-state index in [0.29, 0.717) is 18.9 Å². The minimum Gasteiger partial charge on any atom is -0.334 e. The van der Waals surface area contributed by atoms with Crippen molar-refractivity contribution in [2.75, 3.05) is 0 Å². The van der Waals surface area contributed by atoms with Gasteiger partial charge in [0.1, 0.15) is 5.82 Å². The average Bonchev–Trinajstić information content (AvgIpc) is 2.83. The Morgan fingerprint density at radius 2 is 2.05 bits per heavy atom. The van der Waals surface area contributed by atoms with Gasteiger partial charge in [-0.25, -0.2) is 9.78 Å². The molecule has 2 rings (SSSR count). The number of hydrogen-bond acceptors (Lipinski definition) is 3. The molecule has 0 aliphatic rings. The second-order valence-electron chi connectivity index (χ2n) is 4.47. The van der Waals surface area contributed by atoms with Crippen LogP contribution in [0.2, 0.25) is 0 Å². The normalized spacial score (nSPS) is 10.3.